The fourth-order valence-corrected chi connectivity index (χ4v) is 5.81. The van der Waals surface area contributed by atoms with E-state index >= 15 is 0 Å². The number of fused-ring (bicyclic) bond motifs is 2. The van der Waals surface area contributed by atoms with Crippen LogP contribution in [0.4, 0.5) is 0 Å². The maximum atomic E-state index is 13.4. The summed E-state index contributed by atoms with van der Waals surface area (Å²) in [5.74, 6) is -0.528. The lowest BCUT2D eigenvalue weighted by atomic mass is 9.87. The SMILES string of the molecule is COc1cccc(C(Oc2ccc(Cl)c(-n3nnc4c(C)c(C(=O)NC5CCCc6ccccc65)ccc43)c2)C(=O)O)c1. The van der Waals surface area contributed by atoms with Crippen molar-refractivity contribution in [2.45, 2.75) is 38.3 Å². The standard InChI is InChI=1S/C33H29ClN4O5/c1-19-24(32(39)35-27-12-6-8-20-7-3-4-11-25(20)27)14-16-28-30(19)36-37-38(28)29-18-23(13-15-26(29)34)43-31(33(40)41)21-9-5-10-22(17-21)42-2/h3-5,7,9-11,13-18,27,31H,6,8,12H2,1-2H3,(H,35,39)(H,40,41). The third kappa shape index (κ3) is 5.51. The maximum absolute atomic E-state index is 13.4. The molecule has 10 heteroatoms. The van der Waals surface area contributed by atoms with E-state index in [2.05, 4.69) is 27.8 Å². The van der Waals surface area contributed by atoms with E-state index in [-0.39, 0.29) is 17.7 Å². The molecule has 2 atom stereocenters. The number of halogens is 1. The quantitative estimate of drug-likeness (QED) is 0.213. The number of amides is 1. The number of nitrogens with one attached hydrogen (secondary N) is 1. The molecule has 0 bridgehead atoms. The molecule has 218 valence electrons. The number of aliphatic carboxylic acids is 1. The van der Waals surface area contributed by atoms with Crippen molar-refractivity contribution in [2.24, 2.45) is 0 Å². The number of aryl methyl sites for hydroxylation is 2. The van der Waals surface area contributed by atoms with E-state index in [1.54, 1.807) is 59.3 Å². The van der Waals surface area contributed by atoms with Crippen molar-refractivity contribution in [1.29, 1.82) is 0 Å². The number of methoxy groups -OCH3 is 1. The van der Waals surface area contributed by atoms with Gasteiger partial charge in [0.2, 0.25) is 6.10 Å². The van der Waals surface area contributed by atoms with Crippen molar-refractivity contribution in [3.05, 3.63) is 112 Å². The van der Waals surface area contributed by atoms with Crippen LogP contribution in [0.15, 0.2) is 78.9 Å². The second-order valence-electron chi connectivity index (χ2n) is 10.5. The van der Waals surface area contributed by atoms with Gasteiger partial charge in [-0.2, -0.15) is 0 Å². The summed E-state index contributed by atoms with van der Waals surface area (Å²) < 4.78 is 12.7. The van der Waals surface area contributed by atoms with Gasteiger partial charge in [-0.3, -0.25) is 4.79 Å². The van der Waals surface area contributed by atoms with E-state index in [0.29, 0.717) is 44.2 Å². The zero-order valence-corrected chi connectivity index (χ0v) is 24.3. The molecular formula is C33H29ClN4O5. The molecule has 6 rings (SSSR count). The summed E-state index contributed by atoms with van der Waals surface area (Å²) in [5, 5.41) is 22.2. The lowest BCUT2D eigenvalue weighted by Gasteiger charge is -2.26. The number of carbonyl (C=O) groups is 2. The molecule has 5 aromatic rings. The van der Waals surface area contributed by atoms with Crippen LogP contribution in [0.5, 0.6) is 11.5 Å². The van der Waals surface area contributed by atoms with Crippen LogP contribution in [-0.4, -0.2) is 39.1 Å². The number of nitrogens with zero attached hydrogens (tertiary/aromatic N) is 3. The van der Waals surface area contributed by atoms with E-state index in [1.807, 2.05) is 19.1 Å². The molecule has 1 heterocycles. The summed E-state index contributed by atoms with van der Waals surface area (Å²) in [6, 6.07) is 23.3. The highest BCUT2D eigenvalue weighted by molar-refractivity contribution is 6.32. The van der Waals surface area contributed by atoms with Gasteiger partial charge in [-0.15, -0.1) is 5.10 Å². The fraction of sp³-hybridized carbons (Fsp3) is 0.212. The maximum Gasteiger partial charge on any atom is 0.349 e. The molecule has 0 fully saturated rings. The monoisotopic (exact) mass is 596 g/mol. The third-order valence-electron chi connectivity index (χ3n) is 7.81. The molecule has 1 aliphatic carbocycles. The molecule has 1 aromatic heterocycles. The minimum Gasteiger partial charge on any atom is -0.497 e. The van der Waals surface area contributed by atoms with Crippen molar-refractivity contribution in [3.63, 3.8) is 0 Å². The van der Waals surface area contributed by atoms with Gasteiger partial charge < -0.3 is 19.9 Å². The smallest absolute Gasteiger partial charge is 0.349 e. The van der Waals surface area contributed by atoms with Crippen molar-refractivity contribution < 1.29 is 24.2 Å². The van der Waals surface area contributed by atoms with E-state index in [9.17, 15) is 14.7 Å². The van der Waals surface area contributed by atoms with Crippen LogP contribution in [0.1, 0.15) is 57.6 Å². The Morgan fingerprint density at radius 1 is 1.05 bits per heavy atom. The van der Waals surface area contributed by atoms with E-state index in [1.165, 1.54) is 18.2 Å². The van der Waals surface area contributed by atoms with Crippen LogP contribution in [0.3, 0.4) is 0 Å². The summed E-state index contributed by atoms with van der Waals surface area (Å²) in [6.07, 6.45) is 1.64. The van der Waals surface area contributed by atoms with Gasteiger partial charge in [-0.05, 0) is 79.3 Å². The highest BCUT2D eigenvalue weighted by Crippen LogP contribution is 2.33. The molecule has 0 aliphatic heterocycles. The Hall–Kier alpha value is -4.89. The van der Waals surface area contributed by atoms with Gasteiger partial charge in [0.1, 0.15) is 17.0 Å². The summed E-state index contributed by atoms with van der Waals surface area (Å²) in [7, 11) is 1.51. The first-order valence-electron chi connectivity index (χ1n) is 13.9. The normalized spacial score (nSPS) is 15.0. The summed E-state index contributed by atoms with van der Waals surface area (Å²) >= 11 is 6.57. The first kappa shape index (κ1) is 28.2. The zero-order chi connectivity index (χ0) is 30.1. The van der Waals surface area contributed by atoms with Crippen molar-refractivity contribution in [3.8, 4) is 17.2 Å². The minimum absolute atomic E-state index is 0.0450. The van der Waals surface area contributed by atoms with Gasteiger partial charge in [0.05, 0.1) is 29.4 Å². The highest BCUT2D eigenvalue weighted by Gasteiger charge is 2.25. The summed E-state index contributed by atoms with van der Waals surface area (Å²) in [5.41, 5.74) is 5.72. The van der Waals surface area contributed by atoms with Crippen molar-refractivity contribution in [2.75, 3.05) is 7.11 Å². The van der Waals surface area contributed by atoms with Crippen LogP contribution in [0, 0.1) is 6.92 Å². The van der Waals surface area contributed by atoms with Gasteiger partial charge >= 0.3 is 5.97 Å². The number of hydrogen-bond donors (Lipinski definition) is 2. The van der Waals surface area contributed by atoms with Crippen LogP contribution in [0.2, 0.25) is 5.02 Å². The minimum atomic E-state index is -1.28. The number of aromatic nitrogens is 3. The van der Waals surface area contributed by atoms with Crippen LogP contribution >= 0.6 is 11.6 Å². The first-order chi connectivity index (χ1) is 20.8. The molecule has 2 N–H and O–H groups in total. The predicted octanol–water partition coefficient (Wildman–Crippen LogP) is 6.40. The van der Waals surface area contributed by atoms with Gasteiger partial charge in [0.15, 0.2) is 0 Å². The van der Waals surface area contributed by atoms with Gasteiger partial charge in [-0.25, -0.2) is 9.48 Å². The second kappa shape index (κ2) is 11.8. The van der Waals surface area contributed by atoms with Crippen molar-refractivity contribution in [1.82, 2.24) is 20.3 Å². The largest absolute Gasteiger partial charge is 0.497 e. The lowest BCUT2D eigenvalue weighted by Crippen LogP contribution is -2.31. The molecular weight excluding hydrogens is 568 g/mol. The van der Waals surface area contributed by atoms with E-state index in [4.69, 9.17) is 21.1 Å². The zero-order valence-electron chi connectivity index (χ0n) is 23.6. The van der Waals surface area contributed by atoms with Gasteiger partial charge in [-0.1, -0.05) is 53.2 Å². The number of ether oxygens (including phenoxy) is 2. The van der Waals surface area contributed by atoms with E-state index in [0.717, 1.165) is 19.3 Å². The average molecular weight is 597 g/mol. The molecule has 0 saturated carbocycles. The topological polar surface area (TPSA) is 116 Å². The molecule has 43 heavy (non-hydrogen) atoms. The average Bonchev–Trinajstić information content (AvgIpc) is 3.45. The number of rotatable bonds is 8. The van der Waals surface area contributed by atoms with Gasteiger partial charge in [0.25, 0.3) is 5.91 Å². The third-order valence-corrected chi connectivity index (χ3v) is 8.13. The lowest BCUT2D eigenvalue weighted by molar-refractivity contribution is -0.145. The number of carbonyl (C=O) groups excluding carboxylic acids is 1. The number of carboxylic acids is 1. The highest BCUT2D eigenvalue weighted by atomic mass is 35.5. The molecule has 9 nitrogen and oxygen atoms in total. The Morgan fingerprint density at radius 2 is 1.88 bits per heavy atom. The molecule has 1 amide bonds. The molecule has 0 radical (unpaired) electrons. The Labute approximate surface area is 253 Å². The first-order valence-corrected chi connectivity index (χ1v) is 14.3. The molecule has 0 spiro atoms. The van der Waals surface area contributed by atoms with Crippen LogP contribution in [-0.2, 0) is 11.2 Å². The number of carboxylic acid groups (broad SMARTS) is 1. The predicted molar refractivity (Wildman–Crippen MR) is 162 cm³/mol. The molecule has 2 unspecified atom stereocenters. The second-order valence-corrected chi connectivity index (χ2v) is 10.9. The van der Waals surface area contributed by atoms with Gasteiger partial charge in [0, 0.05) is 17.2 Å². The Morgan fingerprint density at radius 3 is 2.70 bits per heavy atom. The number of benzene rings is 4. The molecule has 1 aliphatic rings. The van der Waals surface area contributed by atoms with Crippen molar-refractivity contribution >= 4 is 34.5 Å². The number of hydrogen-bond acceptors (Lipinski definition) is 6. The van der Waals surface area contributed by atoms with E-state index < -0.39 is 12.1 Å². The Balaban J connectivity index is 1.29. The van der Waals surface area contributed by atoms with Crippen LogP contribution in [0.25, 0.3) is 16.7 Å². The summed E-state index contributed by atoms with van der Waals surface area (Å²) in [4.78, 5) is 25.5. The van der Waals surface area contributed by atoms with Crippen LogP contribution < -0.4 is 14.8 Å². The fourth-order valence-electron chi connectivity index (χ4n) is 5.61. The Kier molecular flexibility index (Phi) is 7.73. The molecule has 4 aromatic carbocycles. The molecule has 0 saturated heterocycles. The summed E-state index contributed by atoms with van der Waals surface area (Å²) in [6.45, 7) is 1.85. The Bertz CT molecular complexity index is 1850.